The average Bonchev–Trinajstić information content (AvgIpc) is 2.28. The van der Waals surface area contributed by atoms with E-state index in [-0.39, 0.29) is 11.3 Å². The van der Waals surface area contributed by atoms with E-state index in [4.69, 9.17) is 4.74 Å². The summed E-state index contributed by atoms with van der Waals surface area (Å²) >= 11 is 0. The fourth-order valence-corrected chi connectivity index (χ4v) is 2.59. The van der Waals surface area contributed by atoms with Crippen molar-refractivity contribution in [2.45, 2.75) is 39.0 Å². The molecule has 0 unspecified atom stereocenters. The summed E-state index contributed by atoms with van der Waals surface area (Å²) in [5.74, 6) is 1.27. The Bertz CT molecular complexity index is 421. The number of ether oxygens (including phenoxy) is 1. The van der Waals surface area contributed by atoms with Gasteiger partial charge in [0.15, 0.2) is 0 Å². The fourth-order valence-electron chi connectivity index (χ4n) is 2.59. The lowest BCUT2D eigenvalue weighted by molar-refractivity contribution is -0.124. The zero-order valence-electron chi connectivity index (χ0n) is 10.8. The monoisotopic (exact) mass is 232 g/mol. The van der Waals surface area contributed by atoms with Crippen molar-refractivity contribution >= 4 is 5.78 Å². The van der Waals surface area contributed by atoms with Gasteiger partial charge in [-0.05, 0) is 36.0 Å². The van der Waals surface area contributed by atoms with E-state index in [1.54, 1.807) is 7.11 Å². The van der Waals surface area contributed by atoms with Crippen molar-refractivity contribution in [1.82, 2.24) is 0 Å². The number of carbonyl (C=O) groups is 1. The molecule has 0 N–H and O–H groups in total. The van der Waals surface area contributed by atoms with Gasteiger partial charge in [-0.2, -0.15) is 0 Å². The van der Waals surface area contributed by atoms with Crippen molar-refractivity contribution < 1.29 is 9.53 Å². The number of methoxy groups -OCH3 is 1. The molecule has 0 saturated heterocycles. The third-order valence-electron chi connectivity index (χ3n) is 3.65. The van der Waals surface area contributed by atoms with Crippen LogP contribution in [0, 0.1) is 5.41 Å². The fraction of sp³-hybridized carbons (Fsp3) is 0.533. The van der Waals surface area contributed by atoms with Crippen molar-refractivity contribution in [2.75, 3.05) is 7.11 Å². The first-order valence-corrected chi connectivity index (χ1v) is 6.18. The first-order chi connectivity index (χ1) is 8.02. The van der Waals surface area contributed by atoms with Gasteiger partial charge in [0, 0.05) is 12.3 Å². The Morgan fingerprint density at radius 1 is 1.35 bits per heavy atom. The summed E-state index contributed by atoms with van der Waals surface area (Å²) in [5, 5.41) is 0. The van der Waals surface area contributed by atoms with E-state index in [2.05, 4.69) is 13.8 Å². The molecule has 17 heavy (non-hydrogen) atoms. The van der Waals surface area contributed by atoms with E-state index in [1.165, 1.54) is 0 Å². The number of hydrogen-bond acceptors (Lipinski definition) is 2. The second kappa shape index (κ2) is 4.52. The molecule has 1 aromatic rings. The summed E-state index contributed by atoms with van der Waals surface area (Å²) in [5.41, 5.74) is 1.27. The molecule has 2 nitrogen and oxygen atoms in total. The van der Waals surface area contributed by atoms with Gasteiger partial charge >= 0.3 is 0 Å². The molecule has 2 rings (SSSR count). The Hall–Kier alpha value is -1.31. The van der Waals surface area contributed by atoms with Crippen molar-refractivity contribution in [2.24, 2.45) is 5.41 Å². The van der Waals surface area contributed by atoms with Crippen LogP contribution in [0.2, 0.25) is 0 Å². The van der Waals surface area contributed by atoms with Gasteiger partial charge in [-0.15, -0.1) is 0 Å². The Morgan fingerprint density at radius 3 is 2.76 bits per heavy atom. The number of rotatable bonds is 2. The summed E-state index contributed by atoms with van der Waals surface area (Å²) in [6.45, 7) is 4.35. The summed E-state index contributed by atoms with van der Waals surface area (Å²) in [7, 11) is 1.66. The summed E-state index contributed by atoms with van der Waals surface area (Å²) in [6, 6.07) is 7.90. The van der Waals surface area contributed by atoms with Gasteiger partial charge in [-0.25, -0.2) is 0 Å². The van der Waals surface area contributed by atoms with Gasteiger partial charge in [0.1, 0.15) is 11.5 Å². The minimum atomic E-state index is 0.0677. The third kappa shape index (κ3) is 2.68. The van der Waals surface area contributed by atoms with Crippen LogP contribution in [0.3, 0.4) is 0 Å². The lowest BCUT2D eigenvalue weighted by Gasteiger charge is -2.33. The highest BCUT2D eigenvalue weighted by molar-refractivity contribution is 5.87. The van der Waals surface area contributed by atoms with Crippen LogP contribution in [-0.4, -0.2) is 12.9 Å². The zero-order valence-corrected chi connectivity index (χ0v) is 10.8. The maximum absolute atomic E-state index is 12.2. The first-order valence-electron chi connectivity index (χ1n) is 6.18. The van der Waals surface area contributed by atoms with Crippen LogP contribution in [0.25, 0.3) is 0 Å². The topological polar surface area (TPSA) is 26.3 Å². The summed E-state index contributed by atoms with van der Waals surface area (Å²) in [4.78, 5) is 12.2. The maximum atomic E-state index is 12.2. The van der Waals surface area contributed by atoms with Crippen LogP contribution >= 0.6 is 0 Å². The Labute approximate surface area is 103 Å². The SMILES string of the molecule is COc1cccc([C@H]2CCC(C)(C)CC2=O)c1. The van der Waals surface area contributed by atoms with Crippen LogP contribution in [0.5, 0.6) is 5.75 Å². The molecular weight excluding hydrogens is 212 g/mol. The molecule has 0 spiro atoms. The largest absolute Gasteiger partial charge is 0.497 e. The highest BCUT2D eigenvalue weighted by Crippen LogP contribution is 2.40. The predicted molar refractivity (Wildman–Crippen MR) is 68.4 cm³/mol. The van der Waals surface area contributed by atoms with E-state index in [1.807, 2.05) is 24.3 Å². The normalized spacial score (nSPS) is 23.5. The quantitative estimate of drug-likeness (QED) is 0.779. The Balaban J connectivity index is 2.20. The van der Waals surface area contributed by atoms with Crippen LogP contribution in [-0.2, 0) is 4.79 Å². The Morgan fingerprint density at radius 2 is 2.12 bits per heavy atom. The standard InChI is InChI=1S/C15H20O2/c1-15(2)8-7-13(14(16)10-15)11-5-4-6-12(9-11)17-3/h4-6,9,13H,7-8,10H2,1-3H3/t13-/m1/s1. The molecule has 0 heterocycles. The smallest absolute Gasteiger partial charge is 0.140 e. The molecule has 0 radical (unpaired) electrons. The molecule has 0 amide bonds. The molecule has 1 aromatic carbocycles. The molecule has 0 bridgehead atoms. The van der Waals surface area contributed by atoms with Crippen molar-refractivity contribution in [3.05, 3.63) is 29.8 Å². The van der Waals surface area contributed by atoms with Crippen LogP contribution < -0.4 is 4.74 Å². The number of hydrogen-bond donors (Lipinski definition) is 0. The van der Waals surface area contributed by atoms with E-state index in [9.17, 15) is 4.79 Å². The predicted octanol–water partition coefficient (Wildman–Crippen LogP) is 3.56. The van der Waals surface area contributed by atoms with Gasteiger partial charge in [0.25, 0.3) is 0 Å². The second-order valence-corrected chi connectivity index (χ2v) is 5.68. The van der Waals surface area contributed by atoms with Gasteiger partial charge in [0.05, 0.1) is 7.11 Å². The van der Waals surface area contributed by atoms with Gasteiger partial charge in [0.2, 0.25) is 0 Å². The lowest BCUT2D eigenvalue weighted by Crippen LogP contribution is -2.28. The van der Waals surface area contributed by atoms with Gasteiger partial charge in [-0.1, -0.05) is 26.0 Å². The highest BCUT2D eigenvalue weighted by atomic mass is 16.5. The minimum Gasteiger partial charge on any atom is -0.497 e. The number of carbonyl (C=O) groups excluding carboxylic acids is 1. The third-order valence-corrected chi connectivity index (χ3v) is 3.65. The number of ketones is 1. The molecule has 1 atom stereocenters. The van der Waals surface area contributed by atoms with Crippen LogP contribution in [0.4, 0.5) is 0 Å². The van der Waals surface area contributed by atoms with E-state index >= 15 is 0 Å². The molecule has 1 aliphatic carbocycles. The molecule has 0 aromatic heterocycles. The van der Waals surface area contributed by atoms with E-state index < -0.39 is 0 Å². The molecule has 1 fully saturated rings. The molecular formula is C15H20O2. The minimum absolute atomic E-state index is 0.0677. The molecule has 92 valence electrons. The molecule has 0 aliphatic heterocycles. The summed E-state index contributed by atoms with van der Waals surface area (Å²) in [6.07, 6.45) is 2.76. The lowest BCUT2D eigenvalue weighted by atomic mass is 9.70. The molecule has 1 saturated carbocycles. The average molecular weight is 232 g/mol. The van der Waals surface area contributed by atoms with Crippen molar-refractivity contribution in [3.63, 3.8) is 0 Å². The first kappa shape index (κ1) is 12.2. The maximum Gasteiger partial charge on any atom is 0.140 e. The van der Waals surface area contributed by atoms with Crippen molar-refractivity contribution in [3.8, 4) is 5.75 Å². The van der Waals surface area contributed by atoms with Crippen molar-refractivity contribution in [1.29, 1.82) is 0 Å². The summed E-state index contributed by atoms with van der Waals surface area (Å²) < 4.78 is 5.21. The molecule has 2 heteroatoms. The van der Waals surface area contributed by atoms with Crippen LogP contribution in [0.1, 0.15) is 44.6 Å². The van der Waals surface area contributed by atoms with E-state index in [0.29, 0.717) is 12.2 Å². The number of benzene rings is 1. The zero-order chi connectivity index (χ0) is 12.5. The van der Waals surface area contributed by atoms with Gasteiger partial charge < -0.3 is 4.74 Å². The van der Waals surface area contributed by atoms with Gasteiger partial charge in [-0.3, -0.25) is 4.79 Å². The highest BCUT2D eigenvalue weighted by Gasteiger charge is 2.34. The second-order valence-electron chi connectivity index (χ2n) is 5.68. The van der Waals surface area contributed by atoms with Crippen LogP contribution in [0.15, 0.2) is 24.3 Å². The Kier molecular flexibility index (Phi) is 3.23. The molecule has 1 aliphatic rings. The van der Waals surface area contributed by atoms with E-state index in [0.717, 1.165) is 24.2 Å². The number of Topliss-reactive ketones (excluding diaryl/α,β-unsaturated/α-hetero) is 1.